The zero-order valence-electron chi connectivity index (χ0n) is 16.4. The van der Waals surface area contributed by atoms with Crippen molar-refractivity contribution in [1.82, 2.24) is 20.1 Å². The number of likely N-dealkylation sites (tertiary alicyclic amines) is 1. The van der Waals surface area contributed by atoms with Gasteiger partial charge in [-0.2, -0.15) is 5.10 Å². The molecule has 1 fully saturated rings. The van der Waals surface area contributed by atoms with E-state index in [0.717, 1.165) is 66.0 Å². The van der Waals surface area contributed by atoms with Gasteiger partial charge in [0.15, 0.2) is 0 Å². The number of ether oxygens (including phenoxy) is 1. The third-order valence-corrected chi connectivity index (χ3v) is 6.69. The fourth-order valence-corrected chi connectivity index (χ4v) is 5.08. The van der Waals surface area contributed by atoms with Crippen LogP contribution < -0.4 is 4.74 Å². The quantitative estimate of drug-likeness (QED) is 0.398. The minimum absolute atomic E-state index is 0.307. The molecule has 7 heteroatoms. The molecule has 1 aliphatic heterocycles. The Kier molecular flexibility index (Phi) is 5.26. The molecule has 0 amide bonds. The monoisotopic (exact) mass is 410 g/mol. The van der Waals surface area contributed by atoms with Crippen molar-refractivity contribution in [2.75, 3.05) is 32.8 Å². The van der Waals surface area contributed by atoms with E-state index in [0.29, 0.717) is 19.1 Å². The number of benzene rings is 1. The van der Waals surface area contributed by atoms with Crippen molar-refractivity contribution in [3.63, 3.8) is 0 Å². The Labute approximate surface area is 173 Å². The first-order chi connectivity index (χ1) is 14.3. The molecule has 1 saturated heterocycles. The lowest BCUT2D eigenvalue weighted by Crippen LogP contribution is -2.37. The minimum Gasteiger partial charge on any atom is -0.493 e. The van der Waals surface area contributed by atoms with Gasteiger partial charge in [-0.05, 0) is 61.4 Å². The average molecular weight is 411 g/mol. The van der Waals surface area contributed by atoms with Gasteiger partial charge in [-0.25, -0.2) is 0 Å². The van der Waals surface area contributed by atoms with Crippen LogP contribution in [0.4, 0.5) is 0 Å². The molecule has 1 aromatic carbocycles. The number of hydrogen-bond donors (Lipinski definition) is 3. The molecule has 0 bridgehead atoms. The number of nitrogens with one attached hydrogen (secondary N) is 2. The van der Waals surface area contributed by atoms with Gasteiger partial charge in [-0.15, -0.1) is 11.3 Å². The second-order valence-electron chi connectivity index (χ2n) is 7.86. The van der Waals surface area contributed by atoms with E-state index in [9.17, 15) is 5.11 Å². The second kappa shape index (κ2) is 8.18. The number of piperidine rings is 1. The molecule has 4 aromatic rings. The molecule has 6 nitrogen and oxygen atoms in total. The number of H-pyrrole nitrogens is 2. The summed E-state index contributed by atoms with van der Waals surface area (Å²) in [6.07, 6.45) is 3.33. The fourth-order valence-electron chi connectivity index (χ4n) is 4.24. The Hall–Kier alpha value is -2.35. The summed E-state index contributed by atoms with van der Waals surface area (Å²) in [5.41, 5.74) is 4.13. The second-order valence-corrected chi connectivity index (χ2v) is 8.78. The van der Waals surface area contributed by atoms with Crippen molar-refractivity contribution >= 4 is 32.5 Å². The van der Waals surface area contributed by atoms with Crippen LogP contribution in [-0.2, 0) is 0 Å². The molecule has 5 rings (SSSR count). The van der Waals surface area contributed by atoms with Crippen LogP contribution in [0.3, 0.4) is 0 Å². The first-order valence-electron chi connectivity index (χ1n) is 10.3. The zero-order chi connectivity index (χ0) is 19.6. The van der Waals surface area contributed by atoms with Crippen molar-refractivity contribution < 1.29 is 9.84 Å². The van der Waals surface area contributed by atoms with E-state index in [1.54, 1.807) is 11.3 Å². The Morgan fingerprint density at radius 1 is 1.24 bits per heavy atom. The highest BCUT2D eigenvalue weighted by Gasteiger charge is 2.18. The van der Waals surface area contributed by atoms with Crippen LogP contribution in [0.5, 0.6) is 5.75 Å². The highest BCUT2D eigenvalue weighted by atomic mass is 32.1. The van der Waals surface area contributed by atoms with Crippen LogP contribution in [0.25, 0.3) is 32.5 Å². The van der Waals surface area contributed by atoms with E-state index >= 15 is 0 Å². The van der Waals surface area contributed by atoms with Gasteiger partial charge in [0.25, 0.3) is 0 Å². The number of hydrogen-bond acceptors (Lipinski definition) is 5. The summed E-state index contributed by atoms with van der Waals surface area (Å²) in [5.74, 6) is 1.33. The summed E-state index contributed by atoms with van der Waals surface area (Å²) in [4.78, 5) is 5.93. The fraction of sp³-hybridized carbons (Fsp3) is 0.409. The summed E-state index contributed by atoms with van der Waals surface area (Å²) in [6.45, 7) is 4.19. The number of fused-ring (bicyclic) bond motifs is 2. The molecule has 1 aliphatic rings. The van der Waals surface area contributed by atoms with Gasteiger partial charge in [0.05, 0.1) is 22.5 Å². The van der Waals surface area contributed by atoms with Crippen molar-refractivity contribution in [2.45, 2.75) is 19.3 Å². The van der Waals surface area contributed by atoms with Crippen molar-refractivity contribution in [1.29, 1.82) is 0 Å². The lowest BCUT2D eigenvalue weighted by molar-refractivity contribution is 0.115. The smallest absolute Gasteiger partial charge is 0.126 e. The number of aliphatic hydroxyl groups is 1. The summed E-state index contributed by atoms with van der Waals surface area (Å²) in [5, 5.41) is 20.1. The van der Waals surface area contributed by atoms with Gasteiger partial charge in [-0.3, -0.25) is 5.10 Å². The molecule has 4 heterocycles. The highest BCUT2D eigenvalue weighted by Crippen LogP contribution is 2.32. The molecule has 3 aromatic heterocycles. The average Bonchev–Trinajstić information content (AvgIpc) is 3.46. The molecule has 152 valence electrons. The molecule has 3 N–H and O–H groups in total. The maximum atomic E-state index is 9.36. The summed E-state index contributed by atoms with van der Waals surface area (Å²) in [7, 11) is 0. The number of aliphatic hydroxyl groups excluding tert-OH is 1. The Bertz CT molecular complexity index is 1100. The summed E-state index contributed by atoms with van der Waals surface area (Å²) in [6, 6.07) is 10.4. The lowest BCUT2D eigenvalue weighted by atomic mass is 9.99. The normalized spacial score (nSPS) is 18.0. The van der Waals surface area contributed by atoms with Gasteiger partial charge >= 0.3 is 0 Å². The first-order valence-corrected chi connectivity index (χ1v) is 11.2. The number of rotatable bonds is 7. The van der Waals surface area contributed by atoms with E-state index in [1.165, 1.54) is 11.1 Å². The highest BCUT2D eigenvalue weighted by molar-refractivity contribution is 7.17. The predicted molar refractivity (Wildman–Crippen MR) is 118 cm³/mol. The van der Waals surface area contributed by atoms with Crippen LogP contribution in [-0.4, -0.2) is 58.0 Å². The maximum absolute atomic E-state index is 9.36. The number of thiophene rings is 1. The molecular weight excluding hydrogens is 384 g/mol. The van der Waals surface area contributed by atoms with Crippen LogP contribution in [0.15, 0.2) is 35.7 Å². The van der Waals surface area contributed by atoms with Crippen molar-refractivity contribution in [3.8, 4) is 17.1 Å². The molecule has 0 spiro atoms. The zero-order valence-corrected chi connectivity index (χ0v) is 17.2. The standard InChI is InChI=1S/C22H26N4O2S/c27-14-15-3-1-7-26(13-15)8-2-9-28-17-5-4-16-11-20(23-19(16)12-17)21-22-18(24-25-21)6-10-29-22/h4-6,10-12,15,23,27H,1-3,7-9,13-14H2,(H,24,25). The Morgan fingerprint density at radius 2 is 2.21 bits per heavy atom. The molecule has 1 unspecified atom stereocenters. The van der Waals surface area contributed by atoms with Gasteiger partial charge in [0, 0.05) is 36.7 Å². The van der Waals surface area contributed by atoms with Crippen LogP contribution in [0.1, 0.15) is 19.3 Å². The molecule has 0 saturated carbocycles. The first kappa shape index (κ1) is 18.7. The third kappa shape index (κ3) is 3.90. The van der Waals surface area contributed by atoms with Crippen molar-refractivity contribution in [2.24, 2.45) is 5.92 Å². The topological polar surface area (TPSA) is 77.2 Å². The van der Waals surface area contributed by atoms with E-state index in [2.05, 4.69) is 49.7 Å². The molecule has 1 atom stereocenters. The van der Waals surface area contributed by atoms with Crippen molar-refractivity contribution in [3.05, 3.63) is 35.7 Å². The van der Waals surface area contributed by atoms with Gasteiger partial charge < -0.3 is 19.7 Å². The summed E-state index contributed by atoms with van der Waals surface area (Å²) < 4.78 is 7.18. The largest absolute Gasteiger partial charge is 0.493 e. The third-order valence-electron chi connectivity index (χ3n) is 5.77. The molecular formula is C22H26N4O2S. The number of aromatic amines is 2. The molecule has 0 aliphatic carbocycles. The Morgan fingerprint density at radius 3 is 3.14 bits per heavy atom. The van der Waals surface area contributed by atoms with Crippen LogP contribution in [0.2, 0.25) is 0 Å². The van der Waals surface area contributed by atoms with E-state index in [4.69, 9.17) is 4.74 Å². The predicted octanol–water partition coefficient (Wildman–Crippen LogP) is 4.25. The Balaban J connectivity index is 1.21. The van der Waals surface area contributed by atoms with Gasteiger partial charge in [0.1, 0.15) is 11.4 Å². The van der Waals surface area contributed by atoms with E-state index in [-0.39, 0.29) is 0 Å². The van der Waals surface area contributed by atoms with E-state index in [1.807, 2.05) is 6.07 Å². The molecule has 29 heavy (non-hydrogen) atoms. The number of aromatic nitrogens is 3. The lowest BCUT2D eigenvalue weighted by Gasteiger charge is -2.31. The minimum atomic E-state index is 0.307. The molecule has 0 radical (unpaired) electrons. The van der Waals surface area contributed by atoms with Crippen LogP contribution in [0, 0.1) is 5.92 Å². The van der Waals surface area contributed by atoms with Gasteiger partial charge in [0.2, 0.25) is 0 Å². The number of nitrogens with zero attached hydrogens (tertiary/aromatic N) is 2. The van der Waals surface area contributed by atoms with E-state index < -0.39 is 0 Å². The van der Waals surface area contributed by atoms with Crippen LogP contribution >= 0.6 is 11.3 Å². The summed E-state index contributed by atoms with van der Waals surface area (Å²) >= 11 is 1.70. The van der Waals surface area contributed by atoms with Gasteiger partial charge in [-0.1, -0.05) is 0 Å². The maximum Gasteiger partial charge on any atom is 0.126 e. The SMILES string of the molecule is OCC1CCCN(CCCOc2ccc3cc(-c4n[nH]c5ccsc45)[nH]c3c2)C1.